The Labute approximate surface area is 79.9 Å². The van der Waals surface area contributed by atoms with Gasteiger partial charge in [0.1, 0.15) is 0 Å². The van der Waals surface area contributed by atoms with Crippen LogP contribution >= 0.6 is 0 Å². The summed E-state index contributed by atoms with van der Waals surface area (Å²) in [6.45, 7) is 7.71. The molecule has 0 unspecified atom stereocenters. The fourth-order valence-corrected chi connectivity index (χ4v) is 1.23. The summed E-state index contributed by atoms with van der Waals surface area (Å²) in [5, 5.41) is 0. The summed E-state index contributed by atoms with van der Waals surface area (Å²) in [6.07, 6.45) is 0. The molecule has 2 heteroatoms. The first-order valence-electron chi connectivity index (χ1n) is 4.65. The van der Waals surface area contributed by atoms with Crippen LogP contribution in [-0.4, -0.2) is 6.61 Å². The first kappa shape index (κ1) is 10.2. The third-order valence-corrected chi connectivity index (χ3v) is 2.23. The van der Waals surface area contributed by atoms with Gasteiger partial charge in [-0.15, -0.1) is 0 Å². The highest BCUT2D eigenvalue weighted by atomic mass is 16.6. The molecule has 0 fully saturated rings. The Morgan fingerprint density at radius 3 is 2.77 bits per heavy atom. The highest BCUT2D eigenvalue weighted by molar-refractivity contribution is 5.32. The van der Waals surface area contributed by atoms with Gasteiger partial charge in [-0.3, -0.25) is 0 Å². The summed E-state index contributed by atoms with van der Waals surface area (Å²) in [7, 11) is 0. The lowest BCUT2D eigenvalue weighted by molar-refractivity contribution is 0.0462. The van der Waals surface area contributed by atoms with E-state index in [1.807, 2.05) is 6.92 Å². The Morgan fingerprint density at radius 1 is 1.31 bits per heavy atom. The first-order chi connectivity index (χ1) is 6.25. The molecule has 2 nitrogen and oxygen atoms in total. The lowest BCUT2D eigenvalue weighted by Gasteiger charge is -2.08. The summed E-state index contributed by atoms with van der Waals surface area (Å²) in [6, 6.07) is 6.32. The van der Waals surface area contributed by atoms with E-state index in [4.69, 9.17) is 4.84 Å². The number of rotatable bonds is 4. The van der Waals surface area contributed by atoms with Crippen molar-refractivity contribution < 1.29 is 4.84 Å². The molecular formula is C11H17NO. The minimum atomic E-state index is 0.699. The third kappa shape index (κ3) is 2.83. The molecule has 1 rings (SSSR count). The molecule has 0 heterocycles. The van der Waals surface area contributed by atoms with Crippen molar-refractivity contribution in [1.82, 2.24) is 5.48 Å². The van der Waals surface area contributed by atoms with E-state index in [-0.39, 0.29) is 0 Å². The van der Waals surface area contributed by atoms with Crippen LogP contribution < -0.4 is 5.48 Å². The molecule has 0 amide bonds. The second-order valence-corrected chi connectivity index (χ2v) is 3.11. The Hall–Kier alpha value is -0.860. The molecule has 0 spiro atoms. The SMILES string of the molecule is CCONCc1cccc(C)c1C. The molecule has 0 aromatic heterocycles. The zero-order valence-electron chi connectivity index (χ0n) is 8.55. The Morgan fingerprint density at radius 2 is 2.08 bits per heavy atom. The zero-order valence-corrected chi connectivity index (χ0v) is 8.55. The summed E-state index contributed by atoms with van der Waals surface area (Å²) < 4.78 is 0. The molecule has 13 heavy (non-hydrogen) atoms. The number of aryl methyl sites for hydroxylation is 1. The Kier molecular flexibility index (Phi) is 3.93. The van der Waals surface area contributed by atoms with Crippen LogP contribution in [0.3, 0.4) is 0 Å². The molecule has 0 bridgehead atoms. The minimum Gasteiger partial charge on any atom is -0.302 e. The predicted octanol–water partition coefficient (Wildman–Crippen LogP) is 2.34. The maximum atomic E-state index is 5.08. The van der Waals surface area contributed by atoms with Gasteiger partial charge in [0, 0.05) is 6.54 Å². The zero-order chi connectivity index (χ0) is 9.68. The standard InChI is InChI=1S/C11H17NO/c1-4-13-12-8-11-7-5-6-9(2)10(11)3/h5-7,12H,4,8H2,1-3H3. The van der Waals surface area contributed by atoms with Crippen molar-refractivity contribution in [3.8, 4) is 0 Å². The van der Waals surface area contributed by atoms with E-state index in [2.05, 4.69) is 37.5 Å². The van der Waals surface area contributed by atoms with Gasteiger partial charge in [0.15, 0.2) is 0 Å². The van der Waals surface area contributed by atoms with Crippen LogP contribution in [0, 0.1) is 13.8 Å². The van der Waals surface area contributed by atoms with E-state index < -0.39 is 0 Å². The molecular weight excluding hydrogens is 162 g/mol. The van der Waals surface area contributed by atoms with Crippen LogP contribution in [0.5, 0.6) is 0 Å². The van der Waals surface area contributed by atoms with Gasteiger partial charge in [0.05, 0.1) is 6.61 Å². The summed E-state index contributed by atoms with van der Waals surface area (Å²) >= 11 is 0. The van der Waals surface area contributed by atoms with Gasteiger partial charge in [0.25, 0.3) is 0 Å². The molecule has 0 atom stereocenters. The van der Waals surface area contributed by atoms with E-state index in [0.717, 1.165) is 6.54 Å². The largest absolute Gasteiger partial charge is 0.302 e. The van der Waals surface area contributed by atoms with Gasteiger partial charge in [0.2, 0.25) is 0 Å². The van der Waals surface area contributed by atoms with E-state index >= 15 is 0 Å². The summed E-state index contributed by atoms with van der Waals surface area (Å²) in [5.74, 6) is 0. The van der Waals surface area contributed by atoms with Gasteiger partial charge in [-0.1, -0.05) is 18.2 Å². The molecule has 0 radical (unpaired) electrons. The van der Waals surface area contributed by atoms with Crippen LogP contribution in [0.15, 0.2) is 18.2 Å². The second kappa shape index (κ2) is 5.00. The molecule has 72 valence electrons. The fourth-order valence-electron chi connectivity index (χ4n) is 1.23. The van der Waals surface area contributed by atoms with Crippen molar-refractivity contribution in [2.45, 2.75) is 27.3 Å². The Balaban J connectivity index is 2.61. The van der Waals surface area contributed by atoms with Crippen molar-refractivity contribution in [3.05, 3.63) is 34.9 Å². The average molecular weight is 179 g/mol. The van der Waals surface area contributed by atoms with Crippen molar-refractivity contribution >= 4 is 0 Å². The van der Waals surface area contributed by atoms with Crippen molar-refractivity contribution in [1.29, 1.82) is 0 Å². The lowest BCUT2D eigenvalue weighted by atomic mass is 10.0. The maximum Gasteiger partial charge on any atom is 0.0654 e. The smallest absolute Gasteiger partial charge is 0.0654 e. The highest BCUT2D eigenvalue weighted by Gasteiger charge is 1.99. The molecule has 0 aliphatic carbocycles. The van der Waals surface area contributed by atoms with Crippen LogP contribution in [0.2, 0.25) is 0 Å². The lowest BCUT2D eigenvalue weighted by Crippen LogP contribution is -2.14. The monoisotopic (exact) mass is 179 g/mol. The third-order valence-electron chi connectivity index (χ3n) is 2.23. The molecule has 1 aromatic carbocycles. The molecule has 0 saturated carbocycles. The number of benzene rings is 1. The highest BCUT2D eigenvalue weighted by Crippen LogP contribution is 2.11. The van der Waals surface area contributed by atoms with Gasteiger partial charge in [-0.05, 0) is 37.5 Å². The average Bonchev–Trinajstić information content (AvgIpc) is 2.13. The van der Waals surface area contributed by atoms with E-state index in [1.54, 1.807) is 0 Å². The van der Waals surface area contributed by atoms with Crippen LogP contribution in [0.1, 0.15) is 23.6 Å². The molecule has 1 N–H and O–H groups in total. The number of hydroxylamine groups is 1. The van der Waals surface area contributed by atoms with Crippen molar-refractivity contribution in [2.24, 2.45) is 0 Å². The topological polar surface area (TPSA) is 21.3 Å². The van der Waals surface area contributed by atoms with Gasteiger partial charge < -0.3 is 4.84 Å². The molecule has 1 aromatic rings. The Bertz CT molecular complexity index is 271. The van der Waals surface area contributed by atoms with Gasteiger partial charge >= 0.3 is 0 Å². The van der Waals surface area contributed by atoms with Crippen molar-refractivity contribution in [3.63, 3.8) is 0 Å². The van der Waals surface area contributed by atoms with Crippen LogP contribution in [0.4, 0.5) is 0 Å². The minimum absolute atomic E-state index is 0.699. The predicted molar refractivity (Wildman–Crippen MR) is 54.4 cm³/mol. The van der Waals surface area contributed by atoms with Gasteiger partial charge in [-0.25, -0.2) is 0 Å². The van der Waals surface area contributed by atoms with E-state index in [9.17, 15) is 0 Å². The fraction of sp³-hybridized carbons (Fsp3) is 0.455. The normalized spacial score (nSPS) is 10.4. The number of nitrogens with one attached hydrogen (secondary N) is 1. The molecule has 0 aliphatic heterocycles. The first-order valence-corrected chi connectivity index (χ1v) is 4.65. The van der Waals surface area contributed by atoms with Crippen LogP contribution in [-0.2, 0) is 11.4 Å². The molecule has 0 aliphatic rings. The molecule has 0 saturated heterocycles. The summed E-state index contributed by atoms with van der Waals surface area (Å²) in [5.41, 5.74) is 6.89. The quantitative estimate of drug-likeness (QED) is 0.566. The number of hydrogen-bond donors (Lipinski definition) is 1. The van der Waals surface area contributed by atoms with Crippen molar-refractivity contribution in [2.75, 3.05) is 6.61 Å². The van der Waals surface area contributed by atoms with E-state index in [0.29, 0.717) is 6.61 Å². The maximum absolute atomic E-state index is 5.08. The second-order valence-electron chi connectivity index (χ2n) is 3.11. The van der Waals surface area contributed by atoms with E-state index in [1.165, 1.54) is 16.7 Å². The summed E-state index contributed by atoms with van der Waals surface area (Å²) in [4.78, 5) is 5.08. The van der Waals surface area contributed by atoms with Gasteiger partial charge in [-0.2, -0.15) is 5.48 Å². The number of hydrogen-bond acceptors (Lipinski definition) is 2. The van der Waals surface area contributed by atoms with Crippen LogP contribution in [0.25, 0.3) is 0 Å².